The van der Waals surface area contributed by atoms with E-state index >= 15 is 0 Å². The van der Waals surface area contributed by atoms with Crippen LogP contribution < -0.4 is 0 Å². The first-order valence-corrected chi connectivity index (χ1v) is 10.3. The predicted octanol–water partition coefficient (Wildman–Crippen LogP) is 2.38. The maximum atomic E-state index is 9.10. The predicted molar refractivity (Wildman–Crippen MR) is 99.0 cm³/mol. The van der Waals surface area contributed by atoms with E-state index in [1.807, 2.05) is 0 Å². The van der Waals surface area contributed by atoms with Gasteiger partial charge in [0, 0.05) is 38.3 Å². The van der Waals surface area contributed by atoms with E-state index in [-0.39, 0.29) is 0 Å². The molecule has 2 N–H and O–H groups in total. The van der Waals surface area contributed by atoms with E-state index in [1.54, 1.807) is 32.1 Å². The summed E-state index contributed by atoms with van der Waals surface area (Å²) in [5.74, 6) is 0.734. The highest BCUT2D eigenvalue weighted by Gasteiger charge is 2.50. The van der Waals surface area contributed by atoms with E-state index in [0.717, 1.165) is 35.8 Å². The summed E-state index contributed by atoms with van der Waals surface area (Å²) in [4.78, 5) is 23.8. The Morgan fingerprint density at radius 2 is 1.35 bits per heavy atom. The molecule has 1 atom stereocenters. The number of rotatable bonds is 3. The smallest absolute Gasteiger partial charge is 0.414 e. The van der Waals surface area contributed by atoms with Gasteiger partial charge in [-0.15, -0.1) is 0 Å². The molecule has 1 aliphatic heterocycles. The lowest BCUT2D eigenvalue weighted by atomic mass is 9.54. The standard InChI is InChI=1S/C18H32N2.C2H2O4/c1-3-13(2)19-4-6-20(7-5-19)18-16-9-14-8-15(11-16)12-17(18)10-14;3-1(4)2(5)6/h13-18H,3-12H2,1-2H3;(H,3,4)(H,5,6). The average molecular weight is 367 g/mol. The number of hydrogen-bond acceptors (Lipinski definition) is 4. The number of carboxylic acids is 2. The Balaban J connectivity index is 0.000000286. The van der Waals surface area contributed by atoms with Crippen LogP contribution in [0.5, 0.6) is 0 Å². The number of piperazine rings is 1. The Kier molecular flexibility index (Phi) is 6.23. The van der Waals surface area contributed by atoms with Gasteiger partial charge in [-0.3, -0.25) is 9.80 Å². The molecule has 6 heteroatoms. The van der Waals surface area contributed by atoms with E-state index in [0.29, 0.717) is 0 Å². The van der Waals surface area contributed by atoms with Gasteiger partial charge >= 0.3 is 11.9 Å². The number of carbonyl (C=O) groups is 2. The quantitative estimate of drug-likeness (QED) is 0.747. The summed E-state index contributed by atoms with van der Waals surface area (Å²) in [6.07, 6.45) is 9.18. The molecule has 0 radical (unpaired) electrons. The minimum atomic E-state index is -1.82. The normalized spacial score (nSPS) is 37.7. The molecule has 5 aliphatic rings. The maximum absolute atomic E-state index is 9.10. The van der Waals surface area contributed by atoms with Gasteiger partial charge in [-0.2, -0.15) is 0 Å². The maximum Gasteiger partial charge on any atom is 0.414 e. The Morgan fingerprint density at radius 3 is 1.73 bits per heavy atom. The second kappa shape index (κ2) is 8.26. The molecule has 0 spiro atoms. The van der Waals surface area contributed by atoms with Crippen molar-refractivity contribution in [1.82, 2.24) is 9.80 Å². The fourth-order valence-corrected chi connectivity index (χ4v) is 6.23. The summed E-state index contributed by atoms with van der Waals surface area (Å²) in [5, 5.41) is 14.8. The van der Waals surface area contributed by atoms with Crippen molar-refractivity contribution in [3.8, 4) is 0 Å². The van der Waals surface area contributed by atoms with Gasteiger partial charge in [0.2, 0.25) is 0 Å². The highest BCUT2D eigenvalue weighted by molar-refractivity contribution is 6.27. The molecular weight excluding hydrogens is 332 g/mol. The van der Waals surface area contributed by atoms with Gasteiger partial charge in [0.1, 0.15) is 0 Å². The summed E-state index contributed by atoms with van der Waals surface area (Å²) >= 11 is 0. The molecule has 0 amide bonds. The van der Waals surface area contributed by atoms with Crippen LogP contribution in [0.4, 0.5) is 0 Å². The minimum Gasteiger partial charge on any atom is -0.473 e. The van der Waals surface area contributed by atoms with Crippen LogP contribution >= 0.6 is 0 Å². The lowest BCUT2D eigenvalue weighted by Crippen LogP contribution is -2.60. The third kappa shape index (κ3) is 4.22. The second-order valence-electron chi connectivity index (χ2n) is 8.86. The van der Waals surface area contributed by atoms with Gasteiger partial charge < -0.3 is 10.2 Å². The van der Waals surface area contributed by atoms with Crippen molar-refractivity contribution in [2.24, 2.45) is 23.7 Å². The zero-order valence-electron chi connectivity index (χ0n) is 16.1. The van der Waals surface area contributed by atoms with Gasteiger partial charge in [0.15, 0.2) is 0 Å². The van der Waals surface area contributed by atoms with Crippen LogP contribution in [0.2, 0.25) is 0 Å². The first-order valence-electron chi connectivity index (χ1n) is 10.3. The molecule has 26 heavy (non-hydrogen) atoms. The van der Waals surface area contributed by atoms with E-state index in [2.05, 4.69) is 23.6 Å². The summed E-state index contributed by atoms with van der Waals surface area (Å²) in [7, 11) is 0. The van der Waals surface area contributed by atoms with E-state index in [4.69, 9.17) is 19.8 Å². The molecule has 5 fully saturated rings. The summed E-state index contributed by atoms with van der Waals surface area (Å²) in [6, 6.07) is 1.76. The number of nitrogens with zero attached hydrogens (tertiary/aromatic N) is 2. The molecule has 4 saturated carbocycles. The fraction of sp³-hybridized carbons (Fsp3) is 0.900. The van der Waals surface area contributed by atoms with Crippen LogP contribution in [-0.4, -0.2) is 70.2 Å². The van der Waals surface area contributed by atoms with Crippen LogP contribution in [0.25, 0.3) is 0 Å². The van der Waals surface area contributed by atoms with Crippen molar-refractivity contribution < 1.29 is 19.8 Å². The molecule has 0 aromatic rings. The average Bonchev–Trinajstić information content (AvgIpc) is 2.61. The van der Waals surface area contributed by atoms with Crippen molar-refractivity contribution >= 4 is 11.9 Å². The van der Waals surface area contributed by atoms with Crippen LogP contribution in [0.1, 0.15) is 52.4 Å². The Hall–Kier alpha value is -1.14. The van der Waals surface area contributed by atoms with Crippen LogP contribution in [0.15, 0.2) is 0 Å². The zero-order valence-corrected chi connectivity index (χ0v) is 16.1. The fourth-order valence-electron chi connectivity index (χ4n) is 6.23. The molecule has 4 bridgehead atoms. The number of hydrogen-bond donors (Lipinski definition) is 2. The molecule has 1 saturated heterocycles. The van der Waals surface area contributed by atoms with Crippen molar-refractivity contribution in [1.29, 1.82) is 0 Å². The molecular formula is C20H34N2O4. The van der Waals surface area contributed by atoms with Crippen LogP contribution in [0, 0.1) is 23.7 Å². The van der Waals surface area contributed by atoms with E-state index < -0.39 is 11.9 Å². The summed E-state index contributed by atoms with van der Waals surface area (Å²) in [5.41, 5.74) is 0. The third-order valence-corrected chi connectivity index (χ3v) is 7.34. The Labute approximate surface area is 156 Å². The van der Waals surface area contributed by atoms with Crippen LogP contribution in [-0.2, 0) is 9.59 Å². The summed E-state index contributed by atoms with van der Waals surface area (Å²) < 4.78 is 0. The molecule has 4 aliphatic carbocycles. The third-order valence-electron chi connectivity index (χ3n) is 7.34. The van der Waals surface area contributed by atoms with Gasteiger partial charge in [-0.25, -0.2) is 9.59 Å². The summed E-state index contributed by atoms with van der Waals surface area (Å²) in [6.45, 7) is 10.1. The van der Waals surface area contributed by atoms with Gasteiger partial charge in [-0.05, 0) is 69.1 Å². The first kappa shape index (κ1) is 19.6. The lowest BCUT2D eigenvalue weighted by molar-refractivity contribution is -0.159. The molecule has 6 nitrogen and oxygen atoms in total. The number of aliphatic carboxylic acids is 2. The second-order valence-corrected chi connectivity index (χ2v) is 8.86. The highest BCUT2D eigenvalue weighted by Crippen LogP contribution is 2.55. The molecule has 0 aromatic heterocycles. The van der Waals surface area contributed by atoms with Crippen molar-refractivity contribution in [2.45, 2.75) is 64.5 Å². The van der Waals surface area contributed by atoms with E-state index in [1.165, 1.54) is 32.6 Å². The molecule has 5 rings (SSSR count). The van der Waals surface area contributed by atoms with E-state index in [9.17, 15) is 0 Å². The lowest BCUT2D eigenvalue weighted by Gasteiger charge is -2.58. The molecule has 148 valence electrons. The zero-order chi connectivity index (χ0) is 18.8. The highest BCUT2D eigenvalue weighted by atomic mass is 16.4. The van der Waals surface area contributed by atoms with Gasteiger partial charge in [0.05, 0.1) is 0 Å². The molecule has 1 unspecified atom stereocenters. The first-order chi connectivity index (χ1) is 12.4. The number of carboxylic acid groups (broad SMARTS) is 2. The molecule has 1 heterocycles. The Morgan fingerprint density at radius 1 is 0.885 bits per heavy atom. The monoisotopic (exact) mass is 366 g/mol. The SMILES string of the molecule is CCC(C)N1CCN(C2C3CC4CC(C3)CC2C4)CC1.O=C(O)C(=O)O. The van der Waals surface area contributed by atoms with Crippen molar-refractivity contribution in [3.63, 3.8) is 0 Å². The van der Waals surface area contributed by atoms with Crippen molar-refractivity contribution in [3.05, 3.63) is 0 Å². The Bertz CT molecular complexity index is 476. The van der Waals surface area contributed by atoms with Gasteiger partial charge in [0.25, 0.3) is 0 Å². The minimum absolute atomic E-state index is 0.788. The largest absolute Gasteiger partial charge is 0.473 e. The van der Waals surface area contributed by atoms with Crippen molar-refractivity contribution in [2.75, 3.05) is 26.2 Å². The van der Waals surface area contributed by atoms with Gasteiger partial charge in [-0.1, -0.05) is 6.92 Å². The van der Waals surface area contributed by atoms with Crippen LogP contribution in [0.3, 0.4) is 0 Å². The molecule has 0 aromatic carbocycles. The topological polar surface area (TPSA) is 81.1 Å².